The summed E-state index contributed by atoms with van der Waals surface area (Å²) in [5, 5.41) is 0. The molecule has 1 atom stereocenters. The summed E-state index contributed by atoms with van der Waals surface area (Å²) in [6.45, 7) is 4.31. The zero-order valence-electron chi connectivity index (χ0n) is 17.0. The molecule has 147 valence electrons. The van der Waals surface area contributed by atoms with Gasteiger partial charge in [0.05, 0.1) is 0 Å². The van der Waals surface area contributed by atoms with Crippen LogP contribution in [0.25, 0.3) is 11.4 Å². The highest BCUT2D eigenvalue weighted by atomic mass is 19.1. The Bertz CT molecular complexity index is 622. The van der Waals surface area contributed by atoms with Crippen molar-refractivity contribution in [1.82, 2.24) is 9.97 Å². The summed E-state index contributed by atoms with van der Waals surface area (Å²) in [6.07, 6.45) is 15.5. The molecule has 27 heavy (non-hydrogen) atoms. The number of hydrogen-bond donors (Lipinski definition) is 0. The topological polar surface area (TPSA) is 25.8 Å². The van der Waals surface area contributed by atoms with Gasteiger partial charge in [-0.2, -0.15) is 0 Å². The Morgan fingerprint density at radius 2 is 1.56 bits per heavy atom. The van der Waals surface area contributed by atoms with Crippen molar-refractivity contribution in [1.29, 1.82) is 0 Å². The van der Waals surface area contributed by atoms with Gasteiger partial charge in [0.15, 0.2) is 5.82 Å². The van der Waals surface area contributed by atoms with Gasteiger partial charge >= 0.3 is 0 Å². The van der Waals surface area contributed by atoms with Gasteiger partial charge in [-0.05, 0) is 49.7 Å². The number of benzene rings is 1. The van der Waals surface area contributed by atoms with E-state index in [1.165, 1.54) is 37.7 Å². The van der Waals surface area contributed by atoms with Gasteiger partial charge in [-0.3, -0.25) is 0 Å². The Hall–Kier alpha value is -1.77. The Morgan fingerprint density at radius 3 is 2.22 bits per heavy atom. The fourth-order valence-corrected chi connectivity index (χ4v) is 3.16. The number of aromatic nitrogens is 2. The maximum atomic E-state index is 13.7. The summed E-state index contributed by atoms with van der Waals surface area (Å²) < 4.78 is 13.7. The molecule has 2 nitrogen and oxygen atoms in total. The maximum absolute atomic E-state index is 13.7. The van der Waals surface area contributed by atoms with Crippen LogP contribution in [0.5, 0.6) is 0 Å². The number of nitrogens with zero attached hydrogens (tertiary/aromatic N) is 2. The molecule has 2 aromatic rings. The van der Waals surface area contributed by atoms with E-state index < -0.39 is 6.17 Å². The third kappa shape index (κ3) is 8.19. The number of hydrogen-bond acceptors (Lipinski definition) is 2. The Balaban J connectivity index is 1.80. The zero-order chi connectivity index (χ0) is 19.3. The van der Waals surface area contributed by atoms with E-state index in [2.05, 4.69) is 35.9 Å². The first-order valence-corrected chi connectivity index (χ1v) is 10.6. The Labute approximate surface area is 164 Å². The second kappa shape index (κ2) is 12.6. The average Bonchev–Trinajstić information content (AvgIpc) is 2.71. The van der Waals surface area contributed by atoms with Crippen LogP contribution in [0.2, 0.25) is 0 Å². The van der Waals surface area contributed by atoms with E-state index in [9.17, 15) is 4.39 Å². The molecule has 0 spiro atoms. The lowest BCUT2D eigenvalue weighted by atomic mass is 10.0. The Kier molecular flexibility index (Phi) is 10.0. The fourth-order valence-electron chi connectivity index (χ4n) is 3.16. The molecule has 0 N–H and O–H groups in total. The molecular formula is C24H34FN2. The molecule has 1 aromatic carbocycles. The largest absolute Gasteiger partial charge is 0.247 e. The molecule has 0 aliphatic rings. The predicted molar refractivity (Wildman–Crippen MR) is 112 cm³/mol. The van der Waals surface area contributed by atoms with Crippen molar-refractivity contribution >= 4 is 0 Å². The second-order valence-electron chi connectivity index (χ2n) is 7.36. The van der Waals surface area contributed by atoms with Crippen LogP contribution in [-0.2, 0) is 12.8 Å². The minimum absolute atomic E-state index is 0.558. The molecule has 1 heterocycles. The highest BCUT2D eigenvalue weighted by Gasteiger charge is 2.07. The highest BCUT2D eigenvalue weighted by molar-refractivity contribution is 5.55. The molecule has 0 aliphatic carbocycles. The van der Waals surface area contributed by atoms with E-state index in [1.54, 1.807) is 6.42 Å². The van der Waals surface area contributed by atoms with E-state index >= 15 is 0 Å². The lowest BCUT2D eigenvalue weighted by Crippen LogP contribution is -2.02. The van der Waals surface area contributed by atoms with Gasteiger partial charge in [0.25, 0.3) is 0 Å². The quantitative estimate of drug-likeness (QED) is 0.358. The van der Waals surface area contributed by atoms with Crippen LogP contribution >= 0.6 is 0 Å². The molecule has 0 amide bonds. The lowest BCUT2D eigenvalue weighted by molar-refractivity contribution is 0.347. The van der Waals surface area contributed by atoms with Crippen LogP contribution in [0.3, 0.4) is 0 Å². The number of halogens is 1. The molecule has 3 heteroatoms. The first-order valence-electron chi connectivity index (χ1n) is 10.6. The van der Waals surface area contributed by atoms with Gasteiger partial charge in [-0.15, -0.1) is 0 Å². The molecule has 1 aromatic heterocycles. The minimum Gasteiger partial charge on any atom is -0.247 e. The van der Waals surface area contributed by atoms with Crippen molar-refractivity contribution in [3.8, 4) is 11.4 Å². The van der Waals surface area contributed by atoms with Crippen LogP contribution in [-0.4, -0.2) is 16.1 Å². The van der Waals surface area contributed by atoms with Crippen LogP contribution in [0, 0.1) is 6.42 Å². The van der Waals surface area contributed by atoms with Crippen LogP contribution in [0.4, 0.5) is 4.39 Å². The van der Waals surface area contributed by atoms with Gasteiger partial charge in [0.2, 0.25) is 0 Å². The van der Waals surface area contributed by atoms with E-state index in [4.69, 9.17) is 0 Å². The zero-order valence-corrected chi connectivity index (χ0v) is 17.0. The van der Waals surface area contributed by atoms with Crippen LogP contribution in [0.15, 0.2) is 36.7 Å². The van der Waals surface area contributed by atoms with Gasteiger partial charge in [0, 0.05) is 18.0 Å². The molecule has 2 rings (SSSR count). The number of alkyl halides is 1. The minimum atomic E-state index is -0.803. The van der Waals surface area contributed by atoms with Gasteiger partial charge < -0.3 is 0 Å². The summed E-state index contributed by atoms with van der Waals surface area (Å²) in [6, 6.07) is 8.20. The molecule has 1 unspecified atom stereocenters. The van der Waals surface area contributed by atoms with Crippen LogP contribution in [0.1, 0.15) is 76.3 Å². The van der Waals surface area contributed by atoms with Gasteiger partial charge in [-0.25, -0.2) is 14.4 Å². The summed E-state index contributed by atoms with van der Waals surface area (Å²) in [5.74, 6) is 0.760. The van der Waals surface area contributed by atoms with Crippen molar-refractivity contribution in [3.05, 3.63) is 54.2 Å². The predicted octanol–water partition coefficient (Wildman–Crippen LogP) is 6.93. The molecule has 0 saturated carbocycles. The lowest BCUT2D eigenvalue weighted by Gasteiger charge is -2.08. The van der Waals surface area contributed by atoms with Crippen molar-refractivity contribution in [2.75, 3.05) is 0 Å². The normalized spacial score (nSPS) is 12.3. The molecule has 0 bridgehead atoms. The maximum Gasteiger partial charge on any atom is 0.159 e. The van der Waals surface area contributed by atoms with Gasteiger partial charge in [0.1, 0.15) is 6.17 Å². The second-order valence-corrected chi connectivity index (χ2v) is 7.36. The van der Waals surface area contributed by atoms with Crippen LogP contribution < -0.4 is 0 Å². The fraction of sp³-hybridized carbons (Fsp3) is 0.542. The standard InChI is InChI=1S/C24H34FN2/c1-3-5-7-8-9-10-21-18-26-24(27-19-21)22-15-12-20(13-16-22)14-17-23(25)11-6-4-2/h11-13,15-16,18-19,23H,3-10,14,17H2,1-2H3. The highest BCUT2D eigenvalue weighted by Crippen LogP contribution is 2.18. The molecule has 0 aliphatic heterocycles. The number of rotatable bonds is 13. The molecule has 1 radical (unpaired) electrons. The van der Waals surface area contributed by atoms with Gasteiger partial charge in [-0.1, -0.05) is 70.2 Å². The Morgan fingerprint density at radius 1 is 0.852 bits per heavy atom. The van der Waals surface area contributed by atoms with Crippen molar-refractivity contribution in [2.45, 2.75) is 84.2 Å². The molecule has 0 saturated heterocycles. The summed E-state index contributed by atoms with van der Waals surface area (Å²) in [4.78, 5) is 9.05. The monoisotopic (exact) mass is 369 g/mol. The molecular weight excluding hydrogens is 335 g/mol. The van der Waals surface area contributed by atoms with E-state index in [0.29, 0.717) is 6.42 Å². The SMILES string of the molecule is CCC[CH]C(F)CCc1ccc(-c2ncc(CCCCCCC)cn2)cc1. The van der Waals surface area contributed by atoms with Crippen molar-refractivity contribution < 1.29 is 4.39 Å². The number of aryl methyl sites for hydroxylation is 2. The van der Waals surface area contributed by atoms with Crippen molar-refractivity contribution in [2.24, 2.45) is 0 Å². The molecule has 0 fully saturated rings. The smallest absolute Gasteiger partial charge is 0.159 e. The number of unbranched alkanes of at least 4 members (excludes halogenated alkanes) is 5. The summed E-state index contributed by atoms with van der Waals surface area (Å²) in [5.41, 5.74) is 3.39. The van der Waals surface area contributed by atoms with Crippen molar-refractivity contribution in [3.63, 3.8) is 0 Å². The van der Waals surface area contributed by atoms with E-state index in [0.717, 1.165) is 42.6 Å². The third-order valence-electron chi connectivity index (χ3n) is 4.91. The van der Waals surface area contributed by atoms with E-state index in [1.807, 2.05) is 24.5 Å². The average molecular weight is 370 g/mol. The van der Waals surface area contributed by atoms with E-state index in [-0.39, 0.29) is 0 Å². The third-order valence-corrected chi connectivity index (χ3v) is 4.91. The summed E-state index contributed by atoms with van der Waals surface area (Å²) in [7, 11) is 0. The first kappa shape index (κ1) is 21.5. The summed E-state index contributed by atoms with van der Waals surface area (Å²) >= 11 is 0. The first-order chi connectivity index (χ1) is 13.2.